The molecule has 1 saturated heterocycles. The number of piperidine rings is 1. The molecule has 8 heteroatoms. The molecule has 152 valence electrons. The Kier molecular flexibility index (Phi) is 7.32. The van der Waals surface area contributed by atoms with Crippen molar-refractivity contribution in [2.45, 2.75) is 52.1 Å². The molecule has 1 aliphatic rings. The molecule has 0 atom stereocenters. The van der Waals surface area contributed by atoms with Crippen molar-refractivity contribution in [2.24, 2.45) is 5.92 Å². The lowest BCUT2D eigenvalue weighted by atomic mass is 9.95. The second kappa shape index (κ2) is 9.72. The standard InChI is InChI=1S/C20H26Cl2N4O2/c1-3-15(4-2)23-20(27)13-7-9-26(10-8-13)12-18-24-19(25-28-18)16-6-5-14(21)11-17(16)22/h5-6,11,13,15H,3-4,7-10,12H2,1-2H3,(H,23,27). The number of carbonyl (C=O) groups is 1. The van der Waals surface area contributed by atoms with Crippen molar-refractivity contribution in [3.63, 3.8) is 0 Å². The molecule has 1 amide bonds. The van der Waals surface area contributed by atoms with Crippen LogP contribution in [0.3, 0.4) is 0 Å². The zero-order chi connectivity index (χ0) is 20.1. The molecule has 0 aliphatic carbocycles. The third-order valence-corrected chi connectivity index (χ3v) is 5.84. The lowest BCUT2D eigenvalue weighted by Gasteiger charge is -2.31. The molecule has 1 fully saturated rings. The van der Waals surface area contributed by atoms with Crippen LogP contribution in [0.5, 0.6) is 0 Å². The molecular weight excluding hydrogens is 399 g/mol. The van der Waals surface area contributed by atoms with Crippen molar-refractivity contribution >= 4 is 29.1 Å². The largest absolute Gasteiger partial charge is 0.353 e. The van der Waals surface area contributed by atoms with E-state index in [9.17, 15) is 4.79 Å². The van der Waals surface area contributed by atoms with Gasteiger partial charge < -0.3 is 9.84 Å². The molecule has 28 heavy (non-hydrogen) atoms. The van der Waals surface area contributed by atoms with Gasteiger partial charge in [0.1, 0.15) is 0 Å². The van der Waals surface area contributed by atoms with Crippen LogP contribution in [0.25, 0.3) is 11.4 Å². The number of aromatic nitrogens is 2. The van der Waals surface area contributed by atoms with Gasteiger partial charge in [0.25, 0.3) is 0 Å². The van der Waals surface area contributed by atoms with Crippen LogP contribution in [0.1, 0.15) is 45.4 Å². The molecule has 1 aliphatic heterocycles. The van der Waals surface area contributed by atoms with Crippen LogP contribution in [-0.4, -0.2) is 40.1 Å². The smallest absolute Gasteiger partial charge is 0.241 e. The van der Waals surface area contributed by atoms with Gasteiger partial charge in [0.2, 0.25) is 17.6 Å². The summed E-state index contributed by atoms with van der Waals surface area (Å²) < 4.78 is 5.39. The van der Waals surface area contributed by atoms with E-state index in [-0.39, 0.29) is 17.9 Å². The quantitative estimate of drug-likeness (QED) is 0.704. The molecule has 1 aromatic carbocycles. The number of carbonyl (C=O) groups excluding carboxylic acids is 1. The van der Waals surface area contributed by atoms with Gasteiger partial charge in [0.15, 0.2) is 0 Å². The van der Waals surface area contributed by atoms with Crippen molar-refractivity contribution in [2.75, 3.05) is 13.1 Å². The van der Waals surface area contributed by atoms with E-state index in [1.165, 1.54) is 0 Å². The fraction of sp³-hybridized carbons (Fsp3) is 0.550. The molecule has 1 aromatic heterocycles. The number of amides is 1. The molecular formula is C20H26Cl2N4O2. The Morgan fingerprint density at radius 2 is 2.00 bits per heavy atom. The predicted molar refractivity (Wildman–Crippen MR) is 110 cm³/mol. The second-order valence-electron chi connectivity index (χ2n) is 7.21. The van der Waals surface area contributed by atoms with E-state index >= 15 is 0 Å². The highest BCUT2D eigenvalue weighted by atomic mass is 35.5. The summed E-state index contributed by atoms with van der Waals surface area (Å²) in [6, 6.07) is 5.47. The SMILES string of the molecule is CCC(CC)NC(=O)C1CCN(Cc2nc(-c3ccc(Cl)cc3Cl)no2)CC1. The zero-order valence-electron chi connectivity index (χ0n) is 16.3. The van der Waals surface area contributed by atoms with Gasteiger partial charge in [0.05, 0.1) is 11.6 Å². The average Bonchev–Trinajstić information content (AvgIpc) is 3.14. The Morgan fingerprint density at radius 1 is 1.29 bits per heavy atom. The Labute approximate surface area is 175 Å². The Balaban J connectivity index is 1.53. The van der Waals surface area contributed by atoms with Crippen molar-refractivity contribution in [3.05, 3.63) is 34.1 Å². The average molecular weight is 425 g/mol. The van der Waals surface area contributed by atoms with Crippen molar-refractivity contribution in [1.82, 2.24) is 20.4 Å². The summed E-state index contributed by atoms with van der Waals surface area (Å²) >= 11 is 12.1. The molecule has 6 nitrogen and oxygen atoms in total. The molecule has 2 aromatic rings. The number of halogens is 2. The number of hydrogen-bond acceptors (Lipinski definition) is 5. The van der Waals surface area contributed by atoms with E-state index in [1.54, 1.807) is 18.2 Å². The van der Waals surface area contributed by atoms with Crippen LogP contribution in [-0.2, 0) is 11.3 Å². The third kappa shape index (κ3) is 5.25. The maximum Gasteiger partial charge on any atom is 0.241 e. The van der Waals surface area contributed by atoms with Gasteiger partial charge in [-0.2, -0.15) is 4.98 Å². The number of benzene rings is 1. The molecule has 3 rings (SSSR count). The summed E-state index contributed by atoms with van der Waals surface area (Å²) in [5.41, 5.74) is 0.692. The van der Waals surface area contributed by atoms with E-state index in [0.29, 0.717) is 33.9 Å². The van der Waals surface area contributed by atoms with Gasteiger partial charge in [-0.3, -0.25) is 9.69 Å². The van der Waals surface area contributed by atoms with Crippen molar-refractivity contribution < 1.29 is 9.32 Å². The van der Waals surface area contributed by atoms with Gasteiger partial charge in [-0.25, -0.2) is 0 Å². The van der Waals surface area contributed by atoms with E-state index in [1.807, 2.05) is 0 Å². The lowest BCUT2D eigenvalue weighted by molar-refractivity contribution is -0.127. The van der Waals surface area contributed by atoms with Gasteiger partial charge in [-0.15, -0.1) is 0 Å². The fourth-order valence-corrected chi connectivity index (χ4v) is 3.95. The van der Waals surface area contributed by atoms with Gasteiger partial charge in [-0.1, -0.05) is 42.2 Å². The van der Waals surface area contributed by atoms with Crippen LogP contribution in [0.15, 0.2) is 22.7 Å². The summed E-state index contributed by atoms with van der Waals surface area (Å²) in [4.78, 5) is 19.1. The first-order valence-electron chi connectivity index (χ1n) is 9.80. The molecule has 2 heterocycles. The van der Waals surface area contributed by atoms with Gasteiger partial charge in [0, 0.05) is 22.5 Å². The number of rotatable bonds is 7. The van der Waals surface area contributed by atoms with Crippen LogP contribution in [0.4, 0.5) is 0 Å². The summed E-state index contributed by atoms with van der Waals surface area (Å²) in [5.74, 6) is 1.27. The minimum atomic E-state index is 0.0861. The van der Waals surface area contributed by atoms with Crippen LogP contribution >= 0.6 is 23.2 Å². The first-order chi connectivity index (χ1) is 13.5. The Morgan fingerprint density at radius 3 is 2.64 bits per heavy atom. The molecule has 0 radical (unpaired) electrons. The highest BCUT2D eigenvalue weighted by molar-refractivity contribution is 6.36. The second-order valence-corrected chi connectivity index (χ2v) is 8.05. The Hall–Kier alpha value is -1.63. The summed E-state index contributed by atoms with van der Waals surface area (Å²) in [6.07, 6.45) is 3.63. The van der Waals surface area contributed by atoms with E-state index in [4.69, 9.17) is 27.7 Å². The van der Waals surface area contributed by atoms with Gasteiger partial charge >= 0.3 is 0 Å². The summed E-state index contributed by atoms with van der Waals surface area (Å²) in [7, 11) is 0. The van der Waals surface area contributed by atoms with Crippen LogP contribution < -0.4 is 5.32 Å². The van der Waals surface area contributed by atoms with Crippen LogP contribution in [0, 0.1) is 5.92 Å². The van der Waals surface area contributed by atoms with E-state index in [0.717, 1.165) is 38.8 Å². The minimum Gasteiger partial charge on any atom is -0.353 e. The predicted octanol–water partition coefficient (Wildman–Crippen LogP) is 4.56. The van der Waals surface area contributed by atoms with E-state index in [2.05, 4.69) is 34.2 Å². The highest BCUT2D eigenvalue weighted by Crippen LogP contribution is 2.28. The minimum absolute atomic E-state index is 0.0861. The van der Waals surface area contributed by atoms with Crippen LogP contribution in [0.2, 0.25) is 10.0 Å². The number of likely N-dealkylation sites (tertiary alicyclic amines) is 1. The highest BCUT2D eigenvalue weighted by Gasteiger charge is 2.27. The molecule has 0 saturated carbocycles. The van der Waals surface area contributed by atoms with Crippen molar-refractivity contribution in [3.8, 4) is 11.4 Å². The third-order valence-electron chi connectivity index (χ3n) is 5.29. The molecule has 0 unspecified atom stereocenters. The number of nitrogens with one attached hydrogen (secondary N) is 1. The molecule has 0 bridgehead atoms. The molecule has 1 N–H and O–H groups in total. The maximum atomic E-state index is 12.4. The molecule has 0 spiro atoms. The lowest BCUT2D eigenvalue weighted by Crippen LogP contribution is -2.43. The summed E-state index contributed by atoms with van der Waals surface area (Å²) in [5, 5.41) is 8.25. The maximum absolute atomic E-state index is 12.4. The monoisotopic (exact) mass is 424 g/mol. The Bertz CT molecular complexity index is 799. The first kappa shape index (κ1) is 21.1. The first-order valence-corrected chi connectivity index (χ1v) is 10.6. The zero-order valence-corrected chi connectivity index (χ0v) is 17.8. The number of hydrogen-bond donors (Lipinski definition) is 1. The van der Waals surface area contributed by atoms with Crippen molar-refractivity contribution in [1.29, 1.82) is 0 Å². The topological polar surface area (TPSA) is 71.3 Å². The van der Waals surface area contributed by atoms with Gasteiger partial charge in [-0.05, 0) is 57.0 Å². The summed E-state index contributed by atoms with van der Waals surface area (Å²) in [6.45, 7) is 6.44. The number of nitrogens with zero attached hydrogens (tertiary/aromatic N) is 3. The fourth-order valence-electron chi connectivity index (χ4n) is 3.46. The van der Waals surface area contributed by atoms with E-state index < -0.39 is 0 Å². The normalized spacial score (nSPS) is 15.9.